The Morgan fingerprint density at radius 2 is 1.71 bits per heavy atom. The van der Waals surface area contributed by atoms with Gasteiger partial charge in [-0.25, -0.2) is 4.79 Å². The molecule has 0 amide bonds. The molecule has 2 rings (SSSR count). The predicted molar refractivity (Wildman–Crippen MR) is 72.3 cm³/mol. The molecule has 0 fully saturated rings. The SMILES string of the molecule is Cc1ccccc1-c1cccs1.O=C(O)O.[NaH]. The molecule has 3 nitrogen and oxygen atoms in total. The van der Waals surface area contributed by atoms with Gasteiger partial charge in [0.05, 0.1) is 0 Å². The van der Waals surface area contributed by atoms with Gasteiger partial charge in [0.25, 0.3) is 0 Å². The average molecular weight is 260 g/mol. The summed E-state index contributed by atoms with van der Waals surface area (Å²) in [5, 5.41) is 16.1. The summed E-state index contributed by atoms with van der Waals surface area (Å²) in [6.07, 6.45) is -1.83. The van der Waals surface area contributed by atoms with Crippen molar-refractivity contribution in [3.63, 3.8) is 0 Å². The van der Waals surface area contributed by atoms with Crippen molar-refractivity contribution in [2.75, 3.05) is 0 Å². The zero-order valence-electron chi connectivity index (χ0n) is 8.75. The van der Waals surface area contributed by atoms with Crippen LogP contribution in [0, 0.1) is 6.92 Å². The molecule has 0 aliphatic heterocycles. The van der Waals surface area contributed by atoms with Crippen LogP contribution in [0.4, 0.5) is 4.79 Å². The average Bonchev–Trinajstić information content (AvgIpc) is 2.70. The Morgan fingerprint density at radius 3 is 2.18 bits per heavy atom. The number of rotatable bonds is 1. The molecule has 0 atom stereocenters. The topological polar surface area (TPSA) is 57.5 Å². The van der Waals surface area contributed by atoms with E-state index in [1.807, 2.05) is 0 Å². The summed E-state index contributed by atoms with van der Waals surface area (Å²) in [6.45, 7) is 2.15. The monoisotopic (exact) mass is 260 g/mol. The summed E-state index contributed by atoms with van der Waals surface area (Å²) < 4.78 is 0. The summed E-state index contributed by atoms with van der Waals surface area (Å²) in [7, 11) is 0. The van der Waals surface area contributed by atoms with Gasteiger partial charge in [-0.05, 0) is 29.5 Å². The van der Waals surface area contributed by atoms with E-state index in [9.17, 15) is 0 Å². The molecule has 0 spiro atoms. The van der Waals surface area contributed by atoms with Crippen LogP contribution < -0.4 is 0 Å². The Labute approximate surface area is 126 Å². The molecular weight excluding hydrogens is 247 g/mol. The zero-order chi connectivity index (χ0) is 12.0. The molecule has 0 saturated heterocycles. The molecule has 17 heavy (non-hydrogen) atoms. The second-order valence-corrected chi connectivity index (χ2v) is 4.02. The summed E-state index contributed by atoms with van der Waals surface area (Å²) >= 11 is 1.79. The van der Waals surface area contributed by atoms with Crippen LogP contribution >= 0.6 is 11.3 Å². The molecule has 86 valence electrons. The minimum absolute atomic E-state index is 0. The number of carbonyl (C=O) groups is 1. The predicted octanol–water partition coefficient (Wildman–Crippen LogP) is 3.30. The van der Waals surface area contributed by atoms with Gasteiger partial charge in [-0.1, -0.05) is 30.3 Å². The van der Waals surface area contributed by atoms with Gasteiger partial charge in [-0.2, -0.15) is 0 Å². The first-order valence-corrected chi connectivity index (χ1v) is 5.50. The van der Waals surface area contributed by atoms with Crippen LogP contribution in [0.3, 0.4) is 0 Å². The molecule has 5 heteroatoms. The standard InChI is InChI=1S/C11H10S.CH2O3.Na.H/c1-9-5-2-3-6-10(9)11-7-4-8-12-11;2-1(3)4;;/h2-8H,1H3;(H2,2,3,4);;. The Bertz CT molecular complexity index is 451. The van der Waals surface area contributed by atoms with E-state index < -0.39 is 6.16 Å². The van der Waals surface area contributed by atoms with Gasteiger partial charge in [0, 0.05) is 4.88 Å². The number of hydrogen-bond donors (Lipinski definition) is 2. The van der Waals surface area contributed by atoms with Crippen LogP contribution in [0.5, 0.6) is 0 Å². The van der Waals surface area contributed by atoms with Crippen molar-refractivity contribution in [3.8, 4) is 10.4 Å². The number of carboxylic acid groups (broad SMARTS) is 2. The minimum atomic E-state index is -1.83. The molecule has 1 aromatic heterocycles. The molecule has 0 unspecified atom stereocenters. The third-order valence-electron chi connectivity index (χ3n) is 1.93. The summed E-state index contributed by atoms with van der Waals surface area (Å²) in [6, 6.07) is 12.7. The van der Waals surface area contributed by atoms with Crippen molar-refractivity contribution in [2.24, 2.45) is 0 Å². The van der Waals surface area contributed by atoms with Crippen LogP contribution in [-0.2, 0) is 0 Å². The van der Waals surface area contributed by atoms with E-state index in [0.717, 1.165) is 0 Å². The van der Waals surface area contributed by atoms with E-state index in [0.29, 0.717) is 0 Å². The van der Waals surface area contributed by atoms with E-state index in [1.165, 1.54) is 16.0 Å². The number of benzene rings is 1. The van der Waals surface area contributed by atoms with Gasteiger partial charge in [0.2, 0.25) is 0 Å². The van der Waals surface area contributed by atoms with Gasteiger partial charge >= 0.3 is 35.7 Å². The third-order valence-corrected chi connectivity index (χ3v) is 2.83. The first-order valence-electron chi connectivity index (χ1n) is 4.62. The summed E-state index contributed by atoms with van der Waals surface area (Å²) in [5.74, 6) is 0. The van der Waals surface area contributed by atoms with Crippen LogP contribution in [0.1, 0.15) is 5.56 Å². The molecule has 0 aliphatic carbocycles. The Morgan fingerprint density at radius 1 is 1.12 bits per heavy atom. The molecule has 0 saturated carbocycles. The normalized spacial score (nSPS) is 8.53. The first kappa shape index (κ1) is 16.2. The van der Waals surface area contributed by atoms with Crippen LogP contribution in [-0.4, -0.2) is 45.9 Å². The number of aryl methyl sites for hydroxylation is 1. The van der Waals surface area contributed by atoms with E-state index in [-0.39, 0.29) is 29.6 Å². The number of hydrogen-bond acceptors (Lipinski definition) is 2. The molecule has 0 aliphatic rings. The Hall–Kier alpha value is -0.810. The molecule has 1 heterocycles. The van der Waals surface area contributed by atoms with Crippen LogP contribution in [0.15, 0.2) is 41.8 Å². The second-order valence-electron chi connectivity index (χ2n) is 3.07. The van der Waals surface area contributed by atoms with E-state index >= 15 is 0 Å². The maximum atomic E-state index is 8.56. The third kappa shape index (κ3) is 5.89. The quantitative estimate of drug-likeness (QED) is 0.773. The van der Waals surface area contributed by atoms with Crippen molar-refractivity contribution in [1.82, 2.24) is 0 Å². The Kier molecular flexibility index (Phi) is 7.91. The van der Waals surface area contributed by atoms with Gasteiger partial charge < -0.3 is 10.2 Å². The zero-order valence-corrected chi connectivity index (χ0v) is 9.57. The van der Waals surface area contributed by atoms with Crippen molar-refractivity contribution in [3.05, 3.63) is 47.3 Å². The van der Waals surface area contributed by atoms with Gasteiger partial charge in [-0.15, -0.1) is 11.3 Å². The van der Waals surface area contributed by atoms with E-state index in [1.54, 1.807) is 11.3 Å². The molecule has 0 radical (unpaired) electrons. The molecule has 2 N–H and O–H groups in total. The number of thiophene rings is 1. The van der Waals surface area contributed by atoms with Crippen molar-refractivity contribution in [2.45, 2.75) is 6.92 Å². The molecule has 0 bridgehead atoms. The van der Waals surface area contributed by atoms with Gasteiger partial charge in [-0.3, -0.25) is 0 Å². The summed E-state index contributed by atoms with van der Waals surface area (Å²) in [5.41, 5.74) is 2.70. The van der Waals surface area contributed by atoms with Crippen molar-refractivity contribution < 1.29 is 15.0 Å². The molecule has 1 aromatic carbocycles. The fraction of sp³-hybridized carbons (Fsp3) is 0.0833. The van der Waals surface area contributed by atoms with Gasteiger partial charge in [0.15, 0.2) is 0 Å². The van der Waals surface area contributed by atoms with Crippen LogP contribution in [0.25, 0.3) is 10.4 Å². The molecule has 2 aromatic rings. The fourth-order valence-electron chi connectivity index (χ4n) is 1.28. The van der Waals surface area contributed by atoms with Crippen molar-refractivity contribution in [1.29, 1.82) is 0 Å². The maximum absolute atomic E-state index is 8.56. The van der Waals surface area contributed by atoms with E-state index in [2.05, 4.69) is 48.7 Å². The van der Waals surface area contributed by atoms with Crippen LogP contribution in [0.2, 0.25) is 0 Å². The van der Waals surface area contributed by atoms with Crippen molar-refractivity contribution >= 4 is 47.0 Å². The molecular formula is C12H13NaO3S. The Balaban J connectivity index is 0.000000453. The van der Waals surface area contributed by atoms with Gasteiger partial charge in [0.1, 0.15) is 0 Å². The second kappa shape index (κ2) is 8.31. The summed E-state index contributed by atoms with van der Waals surface area (Å²) in [4.78, 5) is 9.91. The van der Waals surface area contributed by atoms with E-state index in [4.69, 9.17) is 15.0 Å². The first-order chi connectivity index (χ1) is 7.61. The fourth-order valence-corrected chi connectivity index (χ4v) is 2.10.